The predicted molar refractivity (Wildman–Crippen MR) is 76.4 cm³/mol. The second kappa shape index (κ2) is 5.92. The summed E-state index contributed by atoms with van der Waals surface area (Å²) >= 11 is 0. The average molecular weight is 253 g/mol. The van der Waals surface area contributed by atoms with Crippen molar-refractivity contribution in [1.29, 1.82) is 0 Å². The van der Waals surface area contributed by atoms with E-state index in [9.17, 15) is 5.11 Å². The highest BCUT2D eigenvalue weighted by atomic mass is 16.3. The van der Waals surface area contributed by atoms with E-state index in [0.29, 0.717) is 17.8 Å². The summed E-state index contributed by atoms with van der Waals surface area (Å²) in [4.78, 5) is 2.60. The van der Waals surface area contributed by atoms with E-state index in [-0.39, 0.29) is 6.10 Å². The van der Waals surface area contributed by atoms with E-state index in [1.165, 1.54) is 25.9 Å². The van der Waals surface area contributed by atoms with Gasteiger partial charge in [-0.25, -0.2) is 0 Å². The fourth-order valence-electron chi connectivity index (χ4n) is 4.04. The molecule has 2 rings (SSSR count). The summed E-state index contributed by atoms with van der Waals surface area (Å²) in [6, 6.07) is 0. The van der Waals surface area contributed by atoms with Crippen molar-refractivity contribution >= 4 is 0 Å². The van der Waals surface area contributed by atoms with E-state index in [1.54, 1.807) is 0 Å². The van der Waals surface area contributed by atoms with Gasteiger partial charge in [-0.3, -0.25) is 0 Å². The standard InChI is InChI=1S/C16H31NO/c1-11(2)14-5-6-17(9-14)10-15-13(4)7-12(3)8-16(15)18/h11-16,18H,5-10H2,1-4H3. The maximum atomic E-state index is 10.3. The molecular formula is C16H31NO. The van der Waals surface area contributed by atoms with E-state index in [2.05, 4.69) is 32.6 Å². The molecule has 5 unspecified atom stereocenters. The van der Waals surface area contributed by atoms with Crippen molar-refractivity contribution in [2.24, 2.45) is 29.6 Å². The highest BCUT2D eigenvalue weighted by Crippen LogP contribution is 2.35. The quantitative estimate of drug-likeness (QED) is 0.836. The molecule has 1 saturated carbocycles. The summed E-state index contributed by atoms with van der Waals surface area (Å²) in [5, 5.41) is 10.3. The number of likely N-dealkylation sites (tertiary alicyclic amines) is 1. The maximum Gasteiger partial charge on any atom is 0.0585 e. The minimum Gasteiger partial charge on any atom is -0.393 e. The minimum atomic E-state index is -0.0677. The molecule has 0 radical (unpaired) electrons. The molecule has 0 aromatic rings. The third-order valence-corrected chi connectivity index (χ3v) is 5.36. The van der Waals surface area contributed by atoms with Crippen LogP contribution in [-0.2, 0) is 0 Å². The lowest BCUT2D eigenvalue weighted by Crippen LogP contribution is -2.42. The zero-order chi connectivity index (χ0) is 13.3. The second-order valence-corrected chi connectivity index (χ2v) is 7.34. The Balaban J connectivity index is 1.86. The Hall–Kier alpha value is -0.0800. The van der Waals surface area contributed by atoms with Crippen LogP contribution >= 0.6 is 0 Å². The summed E-state index contributed by atoms with van der Waals surface area (Å²) in [5.41, 5.74) is 0. The van der Waals surface area contributed by atoms with Crippen molar-refractivity contribution < 1.29 is 5.11 Å². The first-order chi connectivity index (χ1) is 8.47. The second-order valence-electron chi connectivity index (χ2n) is 7.34. The van der Waals surface area contributed by atoms with Crippen molar-refractivity contribution in [3.63, 3.8) is 0 Å². The Morgan fingerprint density at radius 1 is 1.22 bits per heavy atom. The molecule has 1 heterocycles. The lowest BCUT2D eigenvalue weighted by molar-refractivity contribution is 0.000610. The van der Waals surface area contributed by atoms with Gasteiger partial charge in [0.15, 0.2) is 0 Å². The number of nitrogens with zero attached hydrogens (tertiary/aromatic N) is 1. The van der Waals surface area contributed by atoms with Gasteiger partial charge in [-0.15, -0.1) is 0 Å². The molecule has 0 spiro atoms. The topological polar surface area (TPSA) is 23.5 Å². The number of hydrogen-bond donors (Lipinski definition) is 1. The molecule has 1 saturated heterocycles. The summed E-state index contributed by atoms with van der Waals surface area (Å²) in [6.45, 7) is 12.9. The Labute approximate surface area is 113 Å². The monoisotopic (exact) mass is 253 g/mol. The maximum absolute atomic E-state index is 10.3. The normalized spacial score (nSPS) is 42.7. The molecule has 2 fully saturated rings. The van der Waals surface area contributed by atoms with Crippen LogP contribution in [0.5, 0.6) is 0 Å². The fourth-order valence-corrected chi connectivity index (χ4v) is 4.04. The van der Waals surface area contributed by atoms with Gasteiger partial charge in [-0.05, 0) is 49.5 Å². The zero-order valence-corrected chi connectivity index (χ0v) is 12.6. The molecule has 2 nitrogen and oxygen atoms in total. The molecule has 2 heteroatoms. The van der Waals surface area contributed by atoms with Crippen LogP contribution in [0.15, 0.2) is 0 Å². The molecule has 18 heavy (non-hydrogen) atoms. The zero-order valence-electron chi connectivity index (χ0n) is 12.6. The molecule has 0 aromatic heterocycles. The van der Waals surface area contributed by atoms with Crippen LogP contribution in [0.1, 0.15) is 47.0 Å². The van der Waals surface area contributed by atoms with Crippen LogP contribution in [0, 0.1) is 29.6 Å². The number of hydrogen-bond acceptors (Lipinski definition) is 2. The van der Waals surface area contributed by atoms with Gasteiger partial charge in [0.2, 0.25) is 0 Å². The summed E-state index contributed by atoms with van der Waals surface area (Å²) in [7, 11) is 0. The van der Waals surface area contributed by atoms with Gasteiger partial charge in [0.05, 0.1) is 6.10 Å². The Morgan fingerprint density at radius 2 is 1.94 bits per heavy atom. The molecule has 0 aromatic carbocycles. The minimum absolute atomic E-state index is 0.0677. The van der Waals surface area contributed by atoms with Crippen molar-refractivity contribution in [3.8, 4) is 0 Å². The molecule has 1 N–H and O–H groups in total. The van der Waals surface area contributed by atoms with Crippen molar-refractivity contribution in [3.05, 3.63) is 0 Å². The highest BCUT2D eigenvalue weighted by molar-refractivity contribution is 4.87. The highest BCUT2D eigenvalue weighted by Gasteiger charge is 2.35. The van der Waals surface area contributed by atoms with Crippen LogP contribution in [0.3, 0.4) is 0 Å². The van der Waals surface area contributed by atoms with Crippen LogP contribution in [0.25, 0.3) is 0 Å². The van der Waals surface area contributed by atoms with E-state index >= 15 is 0 Å². The predicted octanol–water partition coefficient (Wildman–Crippen LogP) is 3.01. The smallest absolute Gasteiger partial charge is 0.0585 e. The lowest BCUT2D eigenvalue weighted by atomic mass is 9.73. The van der Waals surface area contributed by atoms with Gasteiger partial charge in [0.1, 0.15) is 0 Å². The van der Waals surface area contributed by atoms with Gasteiger partial charge in [0, 0.05) is 19.0 Å². The van der Waals surface area contributed by atoms with Gasteiger partial charge < -0.3 is 10.0 Å². The van der Waals surface area contributed by atoms with Crippen LogP contribution in [0.4, 0.5) is 0 Å². The first-order valence-corrected chi connectivity index (χ1v) is 7.87. The van der Waals surface area contributed by atoms with Crippen molar-refractivity contribution in [2.75, 3.05) is 19.6 Å². The van der Waals surface area contributed by atoms with E-state index in [0.717, 1.165) is 24.8 Å². The number of aliphatic hydroxyl groups excluding tert-OH is 1. The van der Waals surface area contributed by atoms with Crippen LogP contribution < -0.4 is 0 Å². The Kier molecular flexibility index (Phi) is 4.71. The third kappa shape index (κ3) is 3.27. The average Bonchev–Trinajstić information content (AvgIpc) is 2.71. The number of rotatable bonds is 3. The lowest BCUT2D eigenvalue weighted by Gasteiger charge is -2.39. The van der Waals surface area contributed by atoms with Crippen molar-refractivity contribution in [1.82, 2.24) is 4.90 Å². The van der Waals surface area contributed by atoms with E-state index in [4.69, 9.17) is 0 Å². The van der Waals surface area contributed by atoms with Crippen LogP contribution in [-0.4, -0.2) is 35.7 Å². The first-order valence-electron chi connectivity index (χ1n) is 7.87. The molecule has 5 atom stereocenters. The van der Waals surface area contributed by atoms with E-state index < -0.39 is 0 Å². The third-order valence-electron chi connectivity index (χ3n) is 5.36. The molecule has 1 aliphatic heterocycles. The van der Waals surface area contributed by atoms with Gasteiger partial charge in [-0.1, -0.05) is 27.7 Å². The van der Waals surface area contributed by atoms with E-state index in [1.807, 2.05) is 0 Å². The van der Waals surface area contributed by atoms with Gasteiger partial charge >= 0.3 is 0 Å². The fraction of sp³-hybridized carbons (Fsp3) is 1.00. The van der Waals surface area contributed by atoms with Crippen LogP contribution in [0.2, 0.25) is 0 Å². The number of aliphatic hydroxyl groups is 1. The molecule has 0 amide bonds. The SMILES string of the molecule is CC1CC(C)C(CN2CCC(C(C)C)C2)C(O)C1. The largest absolute Gasteiger partial charge is 0.393 e. The summed E-state index contributed by atoms with van der Waals surface area (Å²) in [6.07, 6.45) is 3.59. The molecular weight excluding hydrogens is 222 g/mol. The van der Waals surface area contributed by atoms with Gasteiger partial charge in [-0.2, -0.15) is 0 Å². The van der Waals surface area contributed by atoms with Crippen molar-refractivity contribution in [2.45, 2.75) is 53.1 Å². The first kappa shape index (κ1) is 14.3. The molecule has 2 aliphatic rings. The van der Waals surface area contributed by atoms with Gasteiger partial charge in [0.25, 0.3) is 0 Å². The molecule has 1 aliphatic carbocycles. The Morgan fingerprint density at radius 3 is 2.50 bits per heavy atom. The molecule has 106 valence electrons. The molecule has 0 bridgehead atoms. The Bertz CT molecular complexity index is 254. The summed E-state index contributed by atoms with van der Waals surface area (Å²) in [5.74, 6) is 3.57. The summed E-state index contributed by atoms with van der Waals surface area (Å²) < 4.78 is 0.